The average Bonchev–Trinajstić information content (AvgIpc) is 2.37. The van der Waals surface area contributed by atoms with Gasteiger partial charge in [-0.25, -0.2) is 0 Å². The third-order valence-electron chi connectivity index (χ3n) is 2.59. The second kappa shape index (κ2) is 4.23. The smallest absolute Gasteiger partial charge is 0.309 e. The lowest BCUT2D eigenvalue weighted by atomic mass is 10.0. The fraction of sp³-hybridized carbons (Fsp3) is 0.500. The topological polar surface area (TPSA) is 40.5 Å². The molecule has 0 aliphatic carbocycles. The van der Waals surface area contributed by atoms with Gasteiger partial charge in [-0.1, -0.05) is 0 Å². The number of halogens is 1. The van der Waals surface area contributed by atoms with Gasteiger partial charge in [0.2, 0.25) is 0 Å². The van der Waals surface area contributed by atoms with Gasteiger partial charge >= 0.3 is 5.97 Å². The zero-order valence-corrected chi connectivity index (χ0v) is 10.8. The Bertz CT molecular complexity index is 365. The third kappa shape index (κ3) is 2.41. The molecule has 5 heteroatoms. The van der Waals surface area contributed by atoms with Gasteiger partial charge in [0.05, 0.1) is 5.92 Å². The van der Waals surface area contributed by atoms with Crippen LogP contribution in [0.4, 0.5) is 0 Å². The van der Waals surface area contributed by atoms with Gasteiger partial charge in [-0.3, -0.25) is 9.69 Å². The number of thiophene rings is 1. The molecule has 0 unspecified atom stereocenters. The Morgan fingerprint density at radius 2 is 2.40 bits per heavy atom. The molecular formula is C10H12BrNO2S. The van der Waals surface area contributed by atoms with E-state index in [0.29, 0.717) is 13.1 Å². The van der Waals surface area contributed by atoms with Gasteiger partial charge in [-0.2, -0.15) is 0 Å². The molecule has 2 heterocycles. The van der Waals surface area contributed by atoms with Crippen LogP contribution in [0.25, 0.3) is 0 Å². The maximum absolute atomic E-state index is 10.6. The summed E-state index contributed by atoms with van der Waals surface area (Å²) in [5.74, 6) is -0.829. The van der Waals surface area contributed by atoms with Crippen molar-refractivity contribution in [1.29, 1.82) is 0 Å². The normalized spacial score (nSPS) is 17.7. The lowest BCUT2D eigenvalue weighted by molar-refractivity contribution is -0.147. The van der Waals surface area contributed by atoms with E-state index in [0.717, 1.165) is 11.0 Å². The molecule has 82 valence electrons. The van der Waals surface area contributed by atoms with E-state index < -0.39 is 5.97 Å². The van der Waals surface area contributed by atoms with Crippen LogP contribution >= 0.6 is 27.3 Å². The van der Waals surface area contributed by atoms with E-state index in [1.165, 1.54) is 9.75 Å². The van der Waals surface area contributed by atoms with Crippen molar-refractivity contribution in [1.82, 2.24) is 4.90 Å². The molecule has 1 aliphatic rings. The fourth-order valence-electron chi connectivity index (χ4n) is 1.67. The Balaban J connectivity index is 1.87. The standard InChI is InChI=1S/C10H12BrNO2S/c1-6-9(11)2-8(15-6)5-12-3-7(4-12)10(13)14/h2,7H,3-5H2,1H3,(H,13,14). The predicted octanol–water partition coefficient (Wildman–Crippen LogP) is 2.34. The molecule has 0 spiro atoms. The summed E-state index contributed by atoms with van der Waals surface area (Å²) in [6.07, 6.45) is 0. The molecule has 1 aliphatic heterocycles. The Morgan fingerprint density at radius 1 is 1.73 bits per heavy atom. The van der Waals surface area contributed by atoms with E-state index in [1.807, 2.05) is 0 Å². The molecule has 0 atom stereocenters. The molecule has 0 bridgehead atoms. The molecular weight excluding hydrogens is 278 g/mol. The van der Waals surface area contributed by atoms with Crippen molar-refractivity contribution in [2.45, 2.75) is 13.5 Å². The van der Waals surface area contributed by atoms with Crippen LogP contribution in [0.5, 0.6) is 0 Å². The largest absolute Gasteiger partial charge is 0.481 e. The lowest BCUT2D eigenvalue weighted by Gasteiger charge is -2.36. The molecule has 1 fully saturated rings. The van der Waals surface area contributed by atoms with Crippen LogP contribution in [0.3, 0.4) is 0 Å². The highest BCUT2D eigenvalue weighted by Crippen LogP contribution is 2.29. The van der Waals surface area contributed by atoms with Gasteiger partial charge < -0.3 is 5.11 Å². The second-order valence-electron chi connectivity index (χ2n) is 3.85. The number of hydrogen-bond donors (Lipinski definition) is 1. The first-order valence-corrected chi connectivity index (χ1v) is 6.37. The van der Waals surface area contributed by atoms with Gasteiger partial charge in [-0.15, -0.1) is 11.3 Å². The average molecular weight is 290 g/mol. The number of carboxylic acid groups (broad SMARTS) is 1. The van der Waals surface area contributed by atoms with Crippen molar-refractivity contribution >= 4 is 33.2 Å². The summed E-state index contributed by atoms with van der Waals surface area (Å²) >= 11 is 5.24. The zero-order valence-electron chi connectivity index (χ0n) is 8.36. The molecule has 0 aromatic carbocycles. The molecule has 1 aromatic heterocycles. The first-order valence-electron chi connectivity index (χ1n) is 4.76. The number of hydrogen-bond acceptors (Lipinski definition) is 3. The van der Waals surface area contributed by atoms with Crippen molar-refractivity contribution in [2.24, 2.45) is 5.92 Å². The predicted molar refractivity (Wildman–Crippen MR) is 63.2 cm³/mol. The van der Waals surface area contributed by atoms with Gasteiger partial charge in [-0.05, 0) is 28.9 Å². The van der Waals surface area contributed by atoms with Gasteiger partial charge in [0.1, 0.15) is 0 Å². The van der Waals surface area contributed by atoms with Gasteiger partial charge in [0, 0.05) is 33.9 Å². The van der Waals surface area contributed by atoms with E-state index in [4.69, 9.17) is 5.11 Å². The molecule has 0 saturated carbocycles. The van der Waals surface area contributed by atoms with Crippen molar-refractivity contribution in [2.75, 3.05) is 13.1 Å². The molecule has 15 heavy (non-hydrogen) atoms. The van der Waals surface area contributed by atoms with Gasteiger partial charge in [0.15, 0.2) is 0 Å². The minimum atomic E-state index is -0.671. The molecule has 1 saturated heterocycles. The number of carboxylic acids is 1. The summed E-state index contributed by atoms with van der Waals surface area (Å²) in [7, 11) is 0. The highest BCUT2D eigenvalue weighted by molar-refractivity contribution is 9.10. The maximum Gasteiger partial charge on any atom is 0.309 e. The monoisotopic (exact) mass is 289 g/mol. The number of nitrogens with zero attached hydrogens (tertiary/aromatic N) is 1. The summed E-state index contributed by atoms with van der Waals surface area (Å²) in [5.41, 5.74) is 0. The fourth-order valence-corrected chi connectivity index (χ4v) is 3.32. The summed E-state index contributed by atoms with van der Waals surface area (Å²) < 4.78 is 1.15. The quantitative estimate of drug-likeness (QED) is 0.929. The number of aliphatic carboxylic acids is 1. The van der Waals surface area contributed by atoms with E-state index >= 15 is 0 Å². The third-order valence-corrected chi connectivity index (χ3v) is 4.72. The van der Waals surface area contributed by atoms with E-state index in [1.54, 1.807) is 11.3 Å². The minimum Gasteiger partial charge on any atom is -0.481 e. The molecule has 1 aromatic rings. The van der Waals surface area contributed by atoms with Crippen molar-refractivity contribution in [3.05, 3.63) is 20.3 Å². The van der Waals surface area contributed by atoms with Crippen molar-refractivity contribution in [3.63, 3.8) is 0 Å². The molecule has 0 radical (unpaired) electrons. The Hall–Kier alpha value is -0.390. The minimum absolute atomic E-state index is 0.158. The summed E-state index contributed by atoms with van der Waals surface area (Å²) in [4.78, 5) is 15.3. The van der Waals surface area contributed by atoms with Crippen LogP contribution in [0.1, 0.15) is 9.75 Å². The zero-order chi connectivity index (χ0) is 11.0. The molecule has 2 rings (SSSR count). The number of likely N-dealkylation sites (tertiary alicyclic amines) is 1. The van der Waals surface area contributed by atoms with Crippen molar-refractivity contribution < 1.29 is 9.90 Å². The summed E-state index contributed by atoms with van der Waals surface area (Å²) in [5, 5.41) is 8.73. The highest BCUT2D eigenvalue weighted by atomic mass is 79.9. The first kappa shape index (κ1) is 11.1. The Labute approximate surface area is 101 Å². The Morgan fingerprint density at radius 3 is 2.87 bits per heavy atom. The number of carbonyl (C=O) groups is 1. The summed E-state index contributed by atoms with van der Waals surface area (Å²) in [6, 6.07) is 2.12. The Kier molecular flexibility index (Phi) is 3.13. The maximum atomic E-state index is 10.6. The second-order valence-corrected chi connectivity index (χ2v) is 6.04. The van der Waals surface area contributed by atoms with E-state index in [2.05, 4.69) is 33.8 Å². The van der Waals surface area contributed by atoms with Crippen molar-refractivity contribution in [3.8, 4) is 0 Å². The summed E-state index contributed by atoms with van der Waals surface area (Å²) in [6.45, 7) is 4.32. The van der Waals surface area contributed by atoms with Gasteiger partial charge in [0.25, 0.3) is 0 Å². The highest BCUT2D eigenvalue weighted by Gasteiger charge is 2.32. The molecule has 1 N–H and O–H groups in total. The lowest BCUT2D eigenvalue weighted by Crippen LogP contribution is -2.49. The molecule has 3 nitrogen and oxygen atoms in total. The van der Waals surface area contributed by atoms with E-state index in [9.17, 15) is 4.79 Å². The molecule has 0 amide bonds. The van der Waals surface area contributed by atoms with E-state index in [-0.39, 0.29) is 5.92 Å². The van der Waals surface area contributed by atoms with Crippen LogP contribution in [0, 0.1) is 12.8 Å². The first-order chi connectivity index (χ1) is 7.06. The van der Waals surface area contributed by atoms with Crippen LogP contribution in [0.15, 0.2) is 10.5 Å². The number of aryl methyl sites for hydroxylation is 1. The number of rotatable bonds is 3. The van der Waals surface area contributed by atoms with Crippen LogP contribution < -0.4 is 0 Å². The SMILES string of the molecule is Cc1sc(CN2CC(C(=O)O)C2)cc1Br. The van der Waals surface area contributed by atoms with Crippen LogP contribution in [-0.2, 0) is 11.3 Å². The van der Waals surface area contributed by atoms with Crippen LogP contribution in [0.2, 0.25) is 0 Å². The van der Waals surface area contributed by atoms with Crippen LogP contribution in [-0.4, -0.2) is 29.1 Å².